The molecule has 0 aliphatic rings. The zero-order chi connectivity index (χ0) is 13.5. The lowest BCUT2D eigenvalue weighted by Gasteiger charge is -2.16. The standard InChI is InChI=1S/C12H22O4Si/c1-6-8-10(12(14)15-7-2)9-11(13)16-17(3,4)5/h9H,6-8H2,1-5H3. The number of rotatable bonds is 6. The van der Waals surface area contributed by atoms with E-state index in [-0.39, 0.29) is 0 Å². The summed E-state index contributed by atoms with van der Waals surface area (Å²) in [6, 6.07) is 0. The van der Waals surface area contributed by atoms with Gasteiger partial charge in [0, 0.05) is 11.6 Å². The zero-order valence-electron chi connectivity index (χ0n) is 11.3. The maximum Gasteiger partial charge on any atom is 0.334 e. The second-order valence-electron chi connectivity index (χ2n) is 4.67. The van der Waals surface area contributed by atoms with E-state index in [0.717, 1.165) is 6.42 Å². The van der Waals surface area contributed by atoms with Crippen LogP contribution in [-0.2, 0) is 18.8 Å². The molecule has 0 aromatic carbocycles. The van der Waals surface area contributed by atoms with E-state index >= 15 is 0 Å². The fourth-order valence-corrected chi connectivity index (χ4v) is 1.86. The number of ether oxygens (including phenoxy) is 1. The largest absolute Gasteiger partial charge is 0.517 e. The quantitative estimate of drug-likeness (QED) is 0.417. The van der Waals surface area contributed by atoms with Gasteiger partial charge in [0.15, 0.2) is 0 Å². The summed E-state index contributed by atoms with van der Waals surface area (Å²) >= 11 is 0. The molecule has 5 heteroatoms. The Morgan fingerprint density at radius 3 is 2.18 bits per heavy atom. The Morgan fingerprint density at radius 1 is 1.18 bits per heavy atom. The molecule has 0 aliphatic carbocycles. The van der Waals surface area contributed by atoms with Crippen molar-refractivity contribution < 1.29 is 18.8 Å². The summed E-state index contributed by atoms with van der Waals surface area (Å²) in [6.07, 6.45) is 2.57. The lowest BCUT2D eigenvalue weighted by Crippen LogP contribution is -2.28. The average molecular weight is 258 g/mol. The Balaban J connectivity index is 4.69. The Hall–Kier alpha value is -1.10. The smallest absolute Gasteiger partial charge is 0.334 e. The number of hydrogen-bond donors (Lipinski definition) is 0. The third-order valence-electron chi connectivity index (χ3n) is 1.76. The van der Waals surface area contributed by atoms with E-state index in [1.165, 1.54) is 6.08 Å². The van der Waals surface area contributed by atoms with Crippen molar-refractivity contribution >= 4 is 20.3 Å². The first-order valence-electron chi connectivity index (χ1n) is 5.90. The first kappa shape index (κ1) is 15.9. The average Bonchev–Trinajstić information content (AvgIpc) is 2.14. The van der Waals surface area contributed by atoms with Gasteiger partial charge in [0.25, 0.3) is 0 Å². The summed E-state index contributed by atoms with van der Waals surface area (Å²) in [7, 11) is -1.91. The second-order valence-corrected chi connectivity index (χ2v) is 9.10. The maximum atomic E-state index is 11.6. The number of hydrogen-bond acceptors (Lipinski definition) is 4. The van der Waals surface area contributed by atoms with Crippen LogP contribution in [0.4, 0.5) is 0 Å². The van der Waals surface area contributed by atoms with E-state index < -0.39 is 20.3 Å². The normalized spacial score (nSPS) is 12.2. The molecule has 0 spiro atoms. The molecular weight excluding hydrogens is 236 g/mol. The number of esters is 1. The summed E-state index contributed by atoms with van der Waals surface area (Å²) in [5.41, 5.74) is 0.387. The van der Waals surface area contributed by atoms with Crippen molar-refractivity contribution in [2.75, 3.05) is 6.61 Å². The fourth-order valence-electron chi connectivity index (χ4n) is 1.20. The van der Waals surface area contributed by atoms with Crippen molar-refractivity contribution in [3.8, 4) is 0 Å². The molecule has 17 heavy (non-hydrogen) atoms. The highest BCUT2D eigenvalue weighted by molar-refractivity contribution is 6.71. The predicted molar refractivity (Wildman–Crippen MR) is 69.1 cm³/mol. The molecule has 0 radical (unpaired) electrons. The third-order valence-corrected chi connectivity index (χ3v) is 2.57. The maximum absolute atomic E-state index is 11.6. The van der Waals surface area contributed by atoms with E-state index in [0.29, 0.717) is 18.6 Å². The van der Waals surface area contributed by atoms with Crippen molar-refractivity contribution in [1.82, 2.24) is 0 Å². The van der Waals surface area contributed by atoms with Crippen LogP contribution in [0.15, 0.2) is 11.6 Å². The molecular formula is C12H22O4Si. The van der Waals surface area contributed by atoms with Gasteiger partial charge in [-0.05, 0) is 33.0 Å². The Labute approximate surface area is 104 Å². The lowest BCUT2D eigenvalue weighted by atomic mass is 10.1. The first-order valence-corrected chi connectivity index (χ1v) is 9.31. The molecule has 0 fully saturated rings. The minimum Gasteiger partial charge on any atom is -0.517 e. The number of carbonyl (C=O) groups excluding carboxylic acids is 2. The topological polar surface area (TPSA) is 52.6 Å². The molecule has 4 nitrogen and oxygen atoms in total. The molecule has 0 N–H and O–H groups in total. The second kappa shape index (κ2) is 7.27. The van der Waals surface area contributed by atoms with Crippen molar-refractivity contribution in [3.63, 3.8) is 0 Å². The van der Waals surface area contributed by atoms with E-state index in [1.807, 2.05) is 26.6 Å². The minimum atomic E-state index is -1.91. The van der Waals surface area contributed by atoms with Crippen molar-refractivity contribution in [2.45, 2.75) is 46.3 Å². The van der Waals surface area contributed by atoms with E-state index in [1.54, 1.807) is 6.92 Å². The lowest BCUT2D eigenvalue weighted by molar-refractivity contribution is -0.139. The Morgan fingerprint density at radius 2 is 1.76 bits per heavy atom. The van der Waals surface area contributed by atoms with Crippen LogP contribution in [0.2, 0.25) is 19.6 Å². The van der Waals surface area contributed by atoms with Gasteiger partial charge in [-0.25, -0.2) is 9.59 Å². The molecule has 0 bridgehead atoms. The molecule has 0 aliphatic heterocycles. The molecule has 0 amide bonds. The molecule has 0 aromatic rings. The highest BCUT2D eigenvalue weighted by Gasteiger charge is 2.20. The molecule has 0 atom stereocenters. The van der Waals surface area contributed by atoms with Crippen molar-refractivity contribution in [1.29, 1.82) is 0 Å². The summed E-state index contributed by atoms with van der Waals surface area (Å²) < 4.78 is 10.1. The van der Waals surface area contributed by atoms with Gasteiger partial charge >= 0.3 is 11.9 Å². The van der Waals surface area contributed by atoms with Gasteiger partial charge in [-0.1, -0.05) is 13.3 Å². The van der Waals surface area contributed by atoms with Crippen LogP contribution in [0.25, 0.3) is 0 Å². The first-order chi connectivity index (χ1) is 7.80. The van der Waals surface area contributed by atoms with Crippen LogP contribution in [-0.4, -0.2) is 26.9 Å². The van der Waals surface area contributed by atoms with E-state index in [2.05, 4.69) is 0 Å². The zero-order valence-corrected chi connectivity index (χ0v) is 12.3. The highest BCUT2D eigenvalue weighted by atomic mass is 28.4. The van der Waals surface area contributed by atoms with Crippen molar-refractivity contribution in [2.24, 2.45) is 0 Å². The highest BCUT2D eigenvalue weighted by Crippen LogP contribution is 2.10. The van der Waals surface area contributed by atoms with Gasteiger partial charge in [-0.3, -0.25) is 0 Å². The van der Waals surface area contributed by atoms with Gasteiger partial charge in [-0.15, -0.1) is 0 Å². The summed E-state index contributed by atoms with van der Waals surface area (Å²) in [5.74, 6) is -0.873. The van der Waals surface area contributed by atoms with Crippen LogP contribution >= 0.6 is 0 Å². The molecule has 0 unspecified atom stereocenters. The molecule has 98 valence electrons. The minimum absolute atomic E-state index is 0.308. The van der Waals surface area contributed by atoms with Crippen LogP contribution in [0.3, 0.4) is 0 Å². The Kier molecular flexibility index (Phi) is 6.80. The molecule has 0 rings (SSSR count). The van der Waals surface area contributed by atoms with Crippen LogP contribution in [0.5, 0.6) is 0 Å². The summed E-state index contributed by atoms with van der Waals surface area (Å²) in [6.45, 7) is 9.75. The van der Waals surface area contributed by atoms with Crippen LogP contribution < -0.4 is 0 Å². The third kappa shape index (κ3) is 7.74. The Bertz CT molecular complexity index is 302. The fraction of sp³-hybridized carbons (Fsp3) is 0.667. The van der Waals surface area contributed by atoms with E-state index in [9.17, 15) is 9.59 Å². The van der Waals surface area contributed by atoms with Crippen LogP contribution in [0.1, 0.15) is 26.7 Å². The van der Waals surface area contributed by atoms with Gasteiger partial charge in [0.05, 0.1) is 6.61 Å². The van der Waals surface area contributed by atoms with Gasteiger partial charge in [0.2, 0.25) is 8.32 Å². The molecule has 0 saturated carbocycles. The predicted octanol–water partition coefficient (Wildman–Crippen LogP) is 2.65. The summed E-state index contributed by atoms with van der Waals surface area (Å²) in [5, 5.41) is 0. The van der Waals surface area contributed by atoms with Gasteiger partial charge in [-0.2, -0.15) is 0 Å². The van der Waals surface area contributed by atoms with E-state index in [4.69, 9.17) is 9.16 Å². The SMILES string of the molecule is CCCC(=CC(=O)O[Si](C)(C)C)C(=O)OCC. The monoisotopic (exact) mass is 258 g/mol. The van der Waals surface area contributed by atoms with Gasteiger partial charge < -0.3 is 9.16 Å². The summed E-state index contributed by atoms with van der Waals surface area (Å²) in [4.78, 5) is 23.1. The van der Waals surface area contributed by atoms with Crippen LogP contribution in [0, 0.1) is 0 Å². The van der Waals surface area contributed by atoms with Crippen molar-refractivity contribution in [3.05, 3.63) is 11.6 Å². The molecule has 0 saturated heterocycles. The molecule has 0 aromatic heterocycles. The van der Waals surface area contributed by atoms with Gasteiger partial charge in [0.1, 0.15) is 0 Å². The number of carbonyl (C=O) groups is 2. The molecule has 0 heterocycles.